The van der Waals surface area contributed by atoms with Gasteiger partial charge in [-0.25, -0.2) is 13.2 Å². The molecule has 1 fully saturated rings. The Morgan fingerprint density at radius 1 is 1.08 bits per heavy atom. The lowest BCUT2D eigenvalue weighted by Crippen LogP contribution is -2.45. The zero-order chi connectivity index (χ0) is 25.8. The Hall–Kier alpha value is -2.78. The second kappa shape index (κ2) is 11.1. The molecular weight excluding hydrogens is 478 g/mol. The molecular formula is C27H37N3O5S. The predicted octanol–water partition coefficient (Wildman–Crippen LogP) is 4.05. The van der Waals surface area contributed by atoms with Gasteiger partial charge in [-0.3, -0.25) is 4.31 Å². The molecule has 2 aliphatic heterocycles. The molecule has 2 aromatic rings. The molecule has 196 valence electrons. The van der Waals surface area contributed by atoms with Gasteiger partial charge in [0.25, 0.3) is 10.0 Å². The van der Waals surface area contributed by atoms with Crippen molar-refractivity contribution in [2.24, 2.45) is 5.92 Å². The van der Waals surface area contributed by atoms with Crippen molar-refractivity contribution in [1.29, 1.82) is 0 Å². The number of rotatable bonds is 8. The van der Waals surface area contributed by atoms with Crippen molar-refractivity contribution < 1.29 is 22.7 Å². The van der Waals surface area contributed by atoms with Gasteiger partial charge >= 0.3 is 6.09 Å². The largest absolute Gasteiger partial charge is 0.492 e. The van der Waals surface area contributed by atoms with E-state index in [0.717, 1.165) is 37.2 Å². The Morgan fingerprint density at radius 3 is 2.61 bits per heavy atom. The first-order chi connectivity index (χ1) is 17.1. The summed E-state index contributed by atoms with van der Waals surface area (Å²) in [4.78, 5) is 14.5. The fourth-order valence-electron chi connectivity index (χ4n) is 4.74. The third kappa shape index (κ3) is 6.31. The van der Waals surface area contributed by atoms with E-state index in [9.17, 15) is 13.2 Å². The first kappa shape index (κ1) is 26.3. The summed E-state index contributed by atoms with van der Waals surface area (Å²) in [5, 5.41) is 3.45. The molecule has 1 unspecified atom stereocenters. The van der Waals surface area contributed by atoms with Gasteiger partial charge in [0.1, 0.15) is 18.0 Å². The highest BCUT2D eigenvalue weighted by Crippen LogP contribution is 2.38. The third-order valence-electron chi connectivity index (χ3n) is 6.41. The lowest BCUT2D eigenvalue weighted by atomic mass is 9.98. The minimum Gasteiger partial charge on any atom is -0.492 e. The molecule has 8 nitrogen and oxygen atoms in total. The van der Waals surface area contributed by atoms with Crippen LogP contribution in [0.2, 0.25) is 0 Å². The van der Waals surface area contributed by atoms with E-state index in [4.69, 9.17) is 9.47 Å². The van der Waals surface area contributed by atoms with Crippen LogP contribution < -0.4 is 14.4 Å². The van der Waals surface area contributed by atoms with Gasteiger partial charge < -0.3 is 19.7 Å². The molecule has 1 amide bonds. The van der Waals surface area contributed by atoms with Crippen LogP contribution in [-0.2, 0) is 21.2 Å². The van der Waals surface area contributed by atoms with Gasteiger partial charge in [-0.05, 0) is 76.8 Å². The maximum absolute atomic E-state index is 13.1. The van der Waals surface area contributed by atoms with E-state index in [0.29, 0.717) is 49.2 Å². The average Bonchev–Trinajstić information content (AvgIpc) is 3.29. The Kier molecular flexibility index (Phi) is 8.10. The maximum Gasteiger partial charge on any atom is 0.410 e. The molecule has 0 bridgehead atoms. The van der Waals surface area contributed by atoms with Gasteiger partial charge in [0.05, 0.1) is 10.6 Å². The number of benzene rings is 2. The first-order valence-corrected chi connectivity index (χ1v) is 14.1. The molecule has 2 aliphatic rings. The summed E-state index contributed by atoms with van der Waals surface area (Å²) in [5.41, 5.74) is 1.13. The van der Waals surface area contributed by atoms with Crippen molar-refractivity contribution in [3.63, 3.8) is 0 Å². The number of piperidine rings is 1. The Bertz CT molecular complexity index is 1150. The minimum atomic E-state index is -3.60. The van der Waals surface area contributed by atoms with Gasteiger partial charge in [-0.2, -0.15) is 0 Å². The molecule has 1 atom stereocenters. The number of hydrogen-bond acceptors (Lipinski definition) is 6. The standard InChI is InChI=1S/C27H37N3O5S/c1-27(2,3)35-26(31)29-16-8-9-21(20-29)19-28-15-18-34-25-13-7-12-24-23(25)14-17-30(24)36(32,33)22-10-5-4-6-11-22/h4-7,10-13,21,28H,8-9,14-20H2,1-3H3. The van der Waals surface area contributed by atoms with Crippen molar-refractivity contribution in [2.45, 2.75) is 50.5 Å². The van der Waals surface area contributed by atoms with Crippen LogP contribution >= 0.6 is 0 Å². The normalized spacial score (nSPS) is 18.1. The van der Waals surface area contributed by atoms with Gasteiger partial charge in [0, 0.05) is 31.7 Å². The monoisotopic (exact) mass is 515 g/mol. The fourth-order valence-corrected chi connectivity index (χ4v) is 6.26. The van der Waals surface area contributed by atoms with Crippen molar-refractivity contribution in [1.82, 2.24) is 10.2 Å². The molecule has 2 heterocycles. The lowest BCUT2D eigenvalue weighted by Gasteiger charge is -2.34. The quantitative estimate of drug-likeness (QED) is 0.534. The number of hydrogen-bond donors (Lipinski definition) is 1. The number of carbonyl (C=O) groups excluding carboxylic acids is 1. The van der Waals surface area contributed by atoms with E-state index in [1.807, 2.05) is 45.0 Å². The van der Waals surface area contributed by atoms with Crippen molar-refractivity contribution >= 4 is 21.8 Å². The number of amides is 1. The molecule has 1 N–H and O–H groups in total. The van der Waals surface area contributed by atoms with E-state index < -0.39 is 15.6 Å². The number of carbonyl (C=O) groups is 1. The number of likely N-dealkylation sites (tertiary alicyclic amines) is 1. The zero-order valence-corrected chi connectivity index (χ0v) is 22.2. The maximum atomic E-state index is 13.1. The van der Waals surface area contributed by atoms with E-state index in [2.05, 4.69) is 5.32 Å². The number of anilines is 1. The zero-order valence-electron chi connectivity index (χ0n) is 21.4. The van der Waals surface area contributed by atoms with Crippen molar-refractivity contribution in [3.05, 3.63) is 54.1 Å². The smallest absolute Gasteiger partial charge is 0.410 e. The molecule has 2 aromatic carbocycles. The number of nitrogens with zero attached hydrogens (tertiary/aromatic N) is 2. The van der Waals surface area contributed by atoms with E-state index in [1.54, 1.807) is 29.2 Å². The van der Waals surface area contributed by atoms with E-state index in [-0.39, 0.29) is 6.09 Å². The Morgan fingerprint density at radius 2 is 1.86 bits per heavy atom. The highest BCUT2D eigenvalue weighted by molar-refractivity contribution is 7.92. The Balaban J connectivity index is 1.26. The summed E-state index contributed by atoms with van der Waals surface area (Å²) < 4.78 is 39.3. The Labute approximate surface area is 214 Å². The van der Waals surface area contributed by atoms with Crippen LogP contribution in [0.25, 0.3) is 0 Å². The number of nitrogens with one attached hydrogen (secondary N) is 1. The van der Waals surface area contributed by atoms with E-state index >= 15 is 0 Å². The molecule has 9 heteroatoms. The number of ether oxygens (including phenoxy) is 2. The summed E-state index contributed by atoms with van der Waals surface area (Å²) in [7, 11) is -3.60. The summed E-state index contributed by atoms with van der Waals surface area (Å²) in [6, 6.07) is 14.1. The van der Waals surface area contributed by atoms with Crippen LogP contribution in [0.5, 0.6) is 5.75 Å². The van der Waals surface area contributed by atoms with Crippen LogP contribution in [0.15, 0.2) is 53.4 Å². The van der Waals surface area contributed by atoms with Gasteiger partial charge in [-0.1, -0.05) is 24.3 Å². The summed E-state index contributed by atoms with van der Waals surface area (Å²) in [6.45, 7) is 9.44. The SMILES string of the molecule is CC(C)(C)OC(=O)N1CCCC(CNCCOc2cccc3c2CCN3S(=O)(=O)c2ccccc2)C1. The van der Waals surface area contributed by atoms with Crippen molar-refractivity contribution in [2.75, 3.05) is 43.6 Å². The van der Waals surface area contributed by atoms with E-state index in [1.165, 1.54) is 4.31 Å². The molecule has 0 aliphatic carbocycles. The molecule has 0 saturated carbocycles. The second-order valence-corrected chi connectivity index (χ2v) is 12.2. The molecule has 0 spiro atoms. The third-order valence-corrected chi connectivity index (χ3v) is 8.24. The summed E-state index contributed by atoms with van der Waals surface area (Å²) >= 11 is 0. The molecule has 0 radical (unpaired) electrons. The van der Waals surface area contributed by atoms with Crippen LogP contribution in [0, 0.1) is 5.92 Å². The van der Waals surface area contributed by atoms with Crippen LogP contribution in [0.3, 0.4) is 0 Å². The van der Waals surface area contributed by atoms with Gasteiger partial charge in [0.15, 0.2) is 0 Å². The van der Waals surface area contributed by atoms with Crippen LogP contribution in [0.4, 0.5) is 10.5 Å². The summed E-state index contributed by atoms with van der Waals surface area (Å²) in [5.74, 6) is 1.11. The first-order valence-electron chi connectivity index (χ1n) is 12.7. The highest BCUT2D eigenvalue weighted by Gasteiger charge is 2.32. The molecule has 0 aromatic heterocycles. The topological polar surface area (TPSA) is 88.2 Å². The molecule has 1 saturated heterocycles. The molecule has 36 heavy (non-hydrogen) atoms. The minimum absolute atomic E-state index is 0.239. The van der Waals surface area contributed by atoms with Crippen LogP contribution in [-0.4, -0.2) is 64.3 Å². The fraction of sp³-hybridized carbons (Fsp3) is 0.519. The predicted molar refractivity (Wildman–Crippen MR) is 140 cm³/mol. The van der Waals surface area contributed by atoms with Crippen molar-refractivity contribution in [3.8, 4) is 5.75 Å². The number of sulfonamides is 1. The average molecular weight is 516 g/mol. The second-order valence-electron chi connectivity index (χ2n) is 10.4. The van der Waals surface area contributed by atoms with Gasteiger partial charge in [-0.15, -0.1) is 0 Å². The number of fused-ring (bicyclic) bond motifs is 1. The lowest BCUT2D eigenvalue weighted by molar-refractivity contribution is 0.0166. The highest BCUT2D eigenvalue weighted by atomic mass is 32.2. The van der Waals surface area contributed by atoms with Gasteiger partial charge in [0.2, 0.25) is 0 Å². The summed E-state index contributed by atoms with van der Waals surface area (Å²) in [6.07, 6.45) is 2.43. The molecule has 4 rings (SSSR count). The van der Waals surface area contributed by atoms with Crippen LogP contribution in [0.1, 0.15) is 39.2 Å².